The van der Waals surface area contributed by atoms with Crippen LogP contribution in [-0.4, -0.2) is 13.0 Å². The fraction of sp³-hybridized carbons (Fsp3) is 0.133. The Bertz CT molecular complexity index is 631. The molecule has 3 nitrogen and oxygen atoms in total. The van der Waals surface area contributed by atoms with Gasteiger partial charge in [-0.3, -0.25) is 4.79 Å². The number of rotatable bonds is 4. The lowest BCUT2D eigenvalue weighted by molar-refractivity contribution is 0.0963. The number of anilines is 1. The molecule has 2 aromatic rings. The van der Waals surface area contributed by atoms with E-state index in [1.807, 2.05) is 30.3 Å². The molecule has 0 aliphatic heterocycles. The van der Waals surface area contributed by atoms with Crippen molar-refractivity contribution in [2.45, 2.75) is 10.6 Å². The average molecular weight is 307 g/mol. The summed E-state index contributed by atoms with van der Waals surface area (Å²) in [5, 5.41) is 3.33. The highest BCUT2D eigenvalue weighted by atomic mass is 35.5. The third-order valence-electron chi connectivity index (χ3n) is 2.84. The molecule has 0 aliphatic carbocycles. The van der Waals surface area contributed by atoms with Crippen molar-refractivity contribution < 1.29 is 4.79 Å². The maximum absolute atomic E-state index is 11.5. The highest BCUT2D eigenvalue weighted by Gasteiger charge is 2.08. The smallest absolute Gasteiger partial charge is 0.251 e. The number of benzene rings is 2. The van der Waals surface area contributed by atoms with Gasteiger partial charge in [-0.2, -0.15) is 0 Å². The molecule has 20 heavy (non-hydrogen) atoms. The molecule has 0 radical (unpaired) electrons. The van der Waals surface area contributed by atoms with Crippen LogP contribution in [0.4, 0.5) is 5.69 Å². The zero-order chi connectivity index (χ0) is 14.5. The van der Waals surface area contributed by atoms with Crippen LogP contribution >= 0.6 is 23.4 Å². The second-order valence-corrected chi connectivity index (χ2v) is 5.64. The molecule has 104 valence electrons. The normalized spacial score (nSPS) is 10.3. The highest BCUT2D eigenvalue weighted by molar-refractivity contribution is 7.98. The molecule has 0 bridgehead atoms. The second-order valence-electron chi connectivity index (χ2n) is 4.21. The average Bonchev–Trinajstić information content (AvgIpc) is 2.46. The summed E-state index contributed by atoms with van der Waals surface area (Å²) in [7, 11) is 1.60. The van der Waals surface area contributed by atoms with Gasteiger partial charge in [-0.25, -0.2) is 0 Å². The molecule has 0 spiro atoms. The molecule has 0 fully saturated rings. The lowest BCUT2D eigenvalue weighted by Crippen LogP contribution is -2.17. The number of thioether (sulfide) groups is 1. The van der Waals surface area contributed by atoms with E-state index in [9.17, 15) is 4.79 Å². The van der Waals surface area contributed by atoms with Gasteiger partial charge in [0.2, 0.25) is 0 Å². The number of carbonyl (C=O) groups excluding carboxylic acids is 1. The number of nitrogen functional groups attached to an aromatic ring is 1. The van der Waals surface area contributed by atoms with Crippen LogP contribution in [0.2, 0.25) is 5.02 Å². The van der Waals surface area contributed by atoms with E-state index in [1.54, 1.807) is 30.9 Å². The van der Waals surface area contributed by atoms with Crippen molar-refractivity contribution >= 4 is 35.0 Å². The van der Waals surface area contributed by atoms with Crippen LogP contribution in [0, 0.1) is 0 Å². The third kappa shape index (κ3) is 3.46. The molecule has 5 heteroatoms. The summed E-state index contributed by atoms with van der Waals surface area (Å²) in [5.74, 6) is 0.600. The van der Waals surface area contributed by atoms with Crippen LogP contribution in [0.1, 0.15) is 15.9 Å². The minimum atomic E-state index is -0.139. The fourth-order valence-electron chi connectivity index (χ4n) is 1.74. The van der Waals surface area contributed by atoms with E-state index in [1.165, 1.54) is 0 Å². The van der Waals surface area contributed by atoms with Gasteiger partial charge in [-0.15, -0.1) is 11.8 Å². The SMILES string of the molecule is CNC(=O)c1ccc(SCc2ccccc2Cl)c(N)c1. The molecule has 0 aromatic heterocycles. The van der Waals surface area contributed by atoms with Crippen LogP contribution in [0.25, 0.3) is 0 Å². The van der Waals surface area contributed by atoms with Crippen molar-refractivity contribution in [1.82, 2.24) is 5.32 Å². The van der Waals surface area contributed by atoms with Gasteiger partial charge >= 0.3 is 0 Å². The van der Waals surface area contributed by atoms with Crippen molar-refractivity contribution in [3.8, 4) is 0 Å². The van der Waals surface area contributed by atoms with E-state index in [-0.39, 0.29) is 5.91 Å². The van der Waals surface area contributed by atoms with Crippen LogP contribution in [0.15, 0.2) is 47.4 Å². The first kappa shape index (κ1) is 14.8. The Kier molecular flexibility index (Phi) is 4.93. The van der Waals surface area contributed by atoms with Crippen LogP contribution in [0.5, 0.6) is 0 Å². The fourth-order valence-corrected chi connectivity index (χ4v) is 2.97. The first-order valence-corrected chi connectivity index (χ1v) is 7.46. The summed E-state index contributed by atoms with van der Waals surface area (Å²) in [4.78, 5) is 12.5. The summed E-state index contributed by atoms with van der Waals surface area (Å²) in [5.41, 5.74) is 8.21. The van der Waals surface area contributed by atoms with Gasteiger partial charge in [-0.05, 0) is 29.8 Å². The van der Waals surface area contributed by atoms with Crippen molar-refractivity contribution in [3.63, 3.8) is 0 Å². The topological polar surface area (TPSA) is 55.1 Å². The monoisotopic (exact) mass is 306 g/mol. The number of hydrogen-bond acceptors (Lipinski definition) is 3. The lowest BCUT2D eigenvalue weighted by Gasteiger charge is -2.08. The molecule has 2 aromatic carbocycles. The minimum absolute atomic E-state index is 0.139. The van der Waals surface area contributed by atoms with E-state index in [2.05, 4.69) is 5.32 Å². The molecule has 0 unspecified atom stereocenters. The number of nitrogens with two attached hydrogens (primary N) is 1. The predicted molar refractivity (Wildman–Crippen MR) is 85.3 cm³/mol. The molecule has 3 N–H and O–H groups in total. The first-order chi connectivity index (χ1) is 9.61. The molecule has 0 saturated carbocycles. The number of nitrogens with one attached hydrogen (secondary N) is 1. The molecular formula is C15H15ClN2OS. The maximum Gasteiger partial charge on any atom is 0.251 e. The third-order valence-corrected chi connectivity index (χ3v) is 4.35. The molecular weight excluding hydrogens is 292 g/mol. The first-order valence-electron chi connectivity index (χ1n) is 6.09. The summed E-state index contributed by atoms with van der Waals surface area (Å²) < 4.78 is 0. The largest absolute Gasteiger partial charge is 0.398 e. The molecule has 0 atom stereocenters. The van der Waals surface area contributed by atoms with Gasteiger partial charge in [0.05, 0.1) is 0 Å². The highest BCUT2D eigenvalue weighted by Crippen LogP contribution is 2.30. The summed E-state index contributed by atoms with van der Waals surface area (Å²) in [6.07, 6.45) is 0. The van der Waals surface area contributed by atoms with Gasteiger partial charge in [0, 0.05) is 34.0 Å². The Morgan fingerprint density at radius 2 is 2.05 bits per heavy atom. The predicted octanol–water partition coefficient (Wildman–Crippen LogP) is 3.57. The number of carbonyl (C=O) groups is 1. The van der Waals surface area contributed by atoms with E-state index in [0.29, 0.717) is 11.3 Å². The van der Waals surface area contributed by atoms with Gasteiger partial charge in [0.25, 0.3) is 5.91 Å². The van der Waals surface area contributed by atoms with E-state index in [0.717, 1.165) is 21.2 Å². The quantitative estimate of drug-likeness (QED) is 0.670. The molecule has 1 amide bonds. The van der Waals surface area contributed by atoms with Crippen molar-refractivity contribution in [2.24, 2.45) is 0 Å². The van der Waals surface area contributed by atoms with Crippen molar-refractivity contribution in [2.75, 3.05) is 12.8 Å². The number of halogens is 1. The standard InChI is InChI=1S/C15H15ClN2OS/c1-18-15(19)10-6-7-14(13(17)8-10)20-9-11-4-2-3-5-12(11)16/h2-8H,9,17H2,1H3,(H,18,19). The second kappa shape index (κ2) is 6.68. The molecule has 0 saturated heterocycles. The van der Waals surface area contributed by atoms with Gasteiger partial charge in [0.15, 0.2) is 0 Å². The maximum atomic E-state index is 11.5. The van der Waals surface area contributed by atoms with Crippen LogP contribution in [-0.2, 0) is 5.75 Å². The van der Waals surface area contributed by atoms with Crippen molar-refractivity contribution in [3.05, 3.63) is 58.6 Å². The summed E-state index contributed by atoms with van der Waals surface area (Å²) in [6.45, 7) is 0. The zero-order valence-corrected chi connectivity index (χ0v) is 12.6. The summed E-state index contributed by atoms with van der Waals surface area (Å²) >= 11 is 7.72. The van der Waals surface area contributed by atoms with Gasteiger partial charge in [-0.1, -0.05) is 29.8 Å². The van der Waals surface area contributed by atoms with Crippen LogP contribution < -0.4 is 11.1 Å². The molecule has 2 rings (SSSR count). The lowest BCUT2D eigenvalue weighted by atomic mass is 10.2. The van der Waals surface area contributed by atoms with E-state index < -0.39 is 0 Å². The van der Waals surface area contributed by atoms with Crippen LogP contribution in [0.3, 0.4) is 0 Å². The Hall–Kier alpha value is -1.65. The summed E-state index contributed by atoms with van der Waals surface area (Å²) in [6, 6.07) is 13.0. The number of amides is 1. The Morgan fingerprint density at radius 1 is 1.30 bits per heavy atom. The van der Waals surface area contributed by atoms with E-state index >= 15 is 0 Å². The van der Waals surface area contributed by atoms with Crippen molar-refractivity contribution in [1.29, 1.82) is 0 Å². The number of hydrogen-bond donors (Lipinski definition) is 2. The Balaban J connectivity index is 2.11. The van der Waals surface area contributed by atoms with Gasteiger partial charge in [0.1, 0.15) is 0 Å². The zero-order valence-electron chi connectivity index (χ0n) is 11.0. The molecule has 0 aliphatic rings. The molecule has 0 heterocycles. The minimum Gasteiger partial charge on any atom is -0.398 e. The van der Waals surface area contributed by atoms with Gasteiger partial charge < -0.3 is 11.1 Å². The Labute approximate surface area is 127 Å². The Morgan fingerprint density at radius 3 is 2.70 bits per heavy atom. The van der Waals surface area contributed by atoms with E-state index in [4.69, 9.17) is 17.3 Å².